The van der Waals surface area contributed by atoms with E-state index in [-0.39, 0.29) is 5.12 Å². The molecule has 68 valence electrons. The summed E-state index contributed by atoms with van der Waals surface area (Å²) in [4.78, 5) is 9.39. The number of rotatable bonds is 0. The van der Waals surface area contributed by atoms with Gasteiger partial charge in [0.2, 0.25) is 0 Å². The predicted octanol–water partition coefficient (Wildman–Crippen LogP) is -0.0648. The highest BCUT2D eigenvalue weighted by atomic mass is 35.5. The van der Waals surface area contributed by atoms with Crippen LogP contribution < -0.4 is 0 Å². The third kappa shape index (κ3) is 0.818. The molecule has 12 heavy (non-hydrogen) atoms. The Morgan fingerprint density at radius 3 is 1.75 bits per heavy atom. The highest BCUT2D eigenvalue weighted by Gasteiger charge is 2.49. The molecule has 0 saturated carbocycles. The van der Waals surface area contributed by atoms with Crippen molar-refractivity contribution in [2.75, 3.05) is 33.3 Å². The van der Waals surface area contributed by atoms with Crippen molar-refractivity contribution in [1.29, 1.82) is 0 Å². The Morgan fingerprint density at radius 2 is 1.33 bits per heavy atom. The van der Waals surface area contributed by atoms with E-state index in [9.17, 15) is 0 Å². The summed E-state index contributed by atoms with van der Waals surface area (Å²) >= 11 is 6.42. The van der Waals surface area contributed by atoms with Crippen LogP contribution in [-0.2, 0) is 0 Å². The zero-order valence-corrected chi connectivity index (χ0v) is 7.96. The van der Waals surface area contributed by atoms with Gasteiger partial charge in [-0.1, -0.05) is 11.6 Å². The van der Waals surface area contributed by atoms with E-state index in [2.05, 4.69) is 26.5 Å². The van der Waals surface area contributed by atoms with Crippen molar-refractivity contribution >= 4 is 11.6 Å². The number of alkyl halides is 1. The molecular formula is C7H13ClN4. The van der Waals surface area contributed by atoms with E-state index in [1.54, 1.807) is 0 Å². The summed E-state index contributed by atoms with van der Waals surface area (Å²) in [5, 5.41) is -0.243. The average Bonchev–Trinajstić information content (AvgIpc) is 1.99. The fourth-order valence-electron chi connectivity index (χ4n) is 2.32. The van der Waals surface area contributed by atoms with Gasteiger partial charge in [-0.25, -0.2) is 9.80 Å². The van der Waals surface area contributed by atoms with E-state index in [0.717, 1.165) is 33.3 Å². The molecule has 4 rings (SSSR count). The topological polar surface area (TPSA) is 13.0 Å². The molecule has 0 atom stereocenters. The molecule has 4 aliphatic heterocycles. The van der Waals surface area contributed by atoms with Crippen molar-refractivity contribution in [3.8, 4) is 0 Å². The van der Waals surface area contributed by atoms with Crippen molar-refractivity contribution in [3.05, 3.63) is 0 Å². The van der Waals surface area contributed by atoms with Crippen LogP contribution in [0.1, 0.15) is 6.92 Å². The van der Waals surface area contributed by atoms with Gasteiger partial charge in [0.15, 0.2) is 5.12 Å². The van der Waals surface area contributed by atoms with Crippen LogP contribution in [0.2, 0.25) is 0 Å². The monoisotopic (exact) mass is 188 g/mol. The molecule has 5 heteroatoms. The minimum absolute atomic E-state index is 0.243. The lowest BCUT2D eigenvalue weighted by Crippen LogP contribution is -2.78. The van der Waals surface area contributed by atoms with Crippen molar-refractivity contribution < 1.29 is 0 Å². The van der Waals surface area contributed by atoms with Crippen LogP contribution in [-0.4, -0.2) is 58.1 Å². The maximum Gasteiger partial charge on any atom is 0.152 e. The number of hydrogen-bond donors (Lipinski definition) is 0. The summed E-state index contributed by atoms with van der Waals surface area (Å²) < 4.78 is 0. The smallest absolute Gasteiger partial charge is 0.152 e. The number of hydrogen-bond acceptors (Lipinski definition) is 4. The lowest BCUT2D eigenvalue weighted by Gasteiger charge is -2.63. The first-order chi connectivity index (χ1) is 5.66. The van der Waals surface area contributed by atoms with Gasteiger partial charge in [-0.3, -0.25) is 9.80 Å². The first-order valence-electron chi connectivity index (χ1n) is 4.30. The second kappa shape index (κ2) is 2.13. The zero-order chi connectivity index (χ0) is 8.34. The van der Waals surface area contributed by atoms with Gasteiger partial charge >= 0.3 is 0 Å². The van der Waals surface area contributed by atoms with Crippen LogP contribution in [0.4, 0.5) is 0 Å². The van der Waals surface area contributed by atoms with Crippen molar-refractivity contribution in [2.45, 2.75) is 12.0 Å². The quantitative estimate of drug-likeness (QED) is 0.390. The summed E-state index contributed by atoms with van der Waals surface area (Å²) in [7, 11) is 0. The molecule has 4 aliphatic rings. The molecule has 0 aliphatic carbocycles. The molecule has 0 radical (unpaired) electrons. The largest absolute Gasteiger partial charge is 0.264 e. The Bertz CT molecular complexity index is 187. The Hall–Kier alpha value is 0.130. The van der Waals surface area contributed by atoms with Crippen LogP contribution in [0.3, 0.4) is 0 Å². The molecule has 0 N–H and O–H groups in total. The lowest BCUT2D eigenvalue weighted by molar-refractivity contribution is -0.241. The molecular weight excluding hydrogens is 176 g/mol. The summed E-state index contributed by atoms with van der Waals surface area (Å²) in [5.74, 6) is 0. The maximum atomic E-state index is 6.42. The lowest BCUT2D eigenvalue weighted by atomic mass is 10.3. The highest BCUT2D eigenvalue weighted by Crippen LogP contribution is 2.36. The first kappa shape index (κ1) is 7.53. The summed E-state index contributed by atoms with van der Waals surface area (Å²) in [6, 6.07) is 0. The average molecular weight is 189 g/mol. The van der Waals surface area contributed by atoms with E-state index in [1.807, 2.05) is 0 Å². The molecule has 0 spiro atoms. The Balaban J connectivity index is 1.96. The summed E-state index contributed by atoms with van der Waals surface area (Å²) in [5.41, 5.74) is 0. The van der Waals surface area contributed by atoms with Gasteiger partial charge in [0.1, 0.15) is 0 Å². The minimum atomic E-state index is -0.243. The van der Waals surface area contributed by atoms with E-state index in [0.29, 0.717) is 0 Å². The summed E-state index contributed by atoms with van der Waals surface area (Å²) in [6.45, 7) is 7.29. The maximum absolute atomic E-state index is 6.42. The molecule has 4 bridgehead atoms. The van der Waals surface area contributed by atoms with Crippen LogP contribution in [0, 0.1) is 0 Å². The van der Waals surface area contributed by atoms with Gasteiger partial charge in [0.25, 0.3) is 0 Å². The Kier molecular flexibility index (Phi) is 1.34. The number of halogens is 1. The molecule has 0 aromatic rings. The molecule has 0 aromatic carbocycles. The SMILES string of the molecule is CC1(Cl)N2CN3CN(C2)CN1C3. The molecule has 4 nitrogen and oxygen atoms in total. The second-order valence-corrected chi connectivity index (χ2v) is 4.75. The second-order valence-electron chi connectivity index (χ2n) is 4.03. The van der Waals surface area contributed by atoms with Crippen LogP contribution in [0.15, 0.2) is 0 Å². The van der Waals surface area contributed by atoms with E-state index >= 15 is 0 Å². The Labute approximate surface area is 77.3 Å². The summed E-state index contributed by atoms with van der Waals surface area (Å²) in [6.07, 6.45) is 0. The molecule has 4 fully saturated rings. The highest BCUT2D eigenvalue weighted by molar-refractivity contribution is 6.23. The third-order valence-electron chi connectivity index (χ3n) is 3.04. The van der Waals surface area contributed by atoms with Gasteiger partial charge in [-0.15, -0.1) is 0 Å². The predicted molar refractivity (Wildman–Crippen MR) is 45.9 cm³/mol. The van der Waals surface area contributed by atoms with E-state index in [4.69, 9.17) is 11.6 Å². The molecule has 4 heterocycles. The van der Waals surface area contributed by atoms with Crippen molar-refractivity contribution in [3.63, 3.8) is 0 Å². The minimum Gasteiger partial charge on any atom is -0.264 e. The van der Waals surface area contributed by atoms with E-state index < -0.39 is 0 Å². The molecule has 4 saturated heterocycles. The molecule has 0 amide bonds. The number of nitrogens with zero attached hydrogens (tertiary/aromatic N) is 4. The van der Waals surface area contributed by atoms with Gasteiger partial charge < -0.3 is 0 Å². The van der Waals surface area contributed by atoms with Gasteiger partial charge in [-0.05, 0) is 6.92 Å². The van der Waals surface area contributed by atoms with E-state index in [1.165, 1.54) is 0 Å². The standard InChI is InChI=1S/C7H13ClN4/c1-7(8)11-3-9-2-10(5-11)6-12(7)4-9/h2-6H2,1H3. The van der Waals surface area contributed by atoms with Crippen molar-refractivity contribution in [1.82, 2.24) is 19.6 Å². The van der Waals surface area contributed by atoms with Gasteiger partial charge in [0.05, 0.1) is 33.3 Å². The van der Waals surface area contributed by atoms with Gasteiger partial charge in [-0.2, -0.15) is 0 Å². The third-order valence-corrected chi connectivity index (χ3v) is 3.52. The van der Waals surface area contributed by atoms with Crippen molar-refractivity contribution in [2.24, 2.45) is 0 Å². The zero-order valence-electron chi connectivity index (χ0n) is 7.20. The first-order valence-corrected chi connectivity index (χ1v) is 4.68. The fourth-order valence-corrected chi connectivity index (χ4v) is 2.54. The Morgan fingerprint density at radius 1 is 0.917 bits per heavy atom. The fraction of sp³-hybridized carbons (Fsp3) is 1.00. The van der Waals surface area contributed by atoms with Gasteiger partial charge in [0, 0.05) is 0 Å². The van der Waals surface area contributed by atoms with Crippen LogP contribution in [0.5, 0.6) is 0 Å². The normalized spacial score (nSPS) is 62.5. The molecule has 0 unspecified atom stereocenters. The molecule has 0 aromatic heterocycles. The van der Waals surface area contributed by atoms with Crippen LogP contribution in [0.25, 0.3) is 0 Å². The van der Waals surface area contributed by atoms with Crippen LogP contribution >= 0.6 is 11.6 Å².